The van der Waals surface area contributed by atoms with Crippen molar-refractivity contribution < 1.29 is 22.0 Å². The molecule has 0 heterocycles. The van der Waals surface area contributed by atoms with Crippen LogP contribution >= 0.6 is 11.6 Å². The molecular formula is C29H26ClF5N2. The first-order chi connectivity index (χ1) is 17.2. The summed E-state index contributed by atoms with van der Waals surface area (Å²) in [6.07, 6.45) is -4.60. The highest BCUT2D eigenvalue weighted by molar-refractivity contribution is 6.30. The molecule has 3 aromatic rings. The van der Waals surface area contributed by atoms with Gasteiger partial charge in [-0.2, -0.15) is 13.2 Å². The second-order valence-corrected chi connectivity index (χ2v) is 10.3. The van der Waals surface area contributed by atoms with E-state index in [0.717, 1.165) is 11.6 Å². The number of alkyl halides is 3. The molecule has 2 nitrogen and oxygen atoms in total. The molecule has 0 aliphatic heterocycles. The van der Waals surface area contributed by atoms with Crippen LogP contribution in [0.3, 0.4) is 0 Å². The van der Waals surface area contributed by atoms with Crippen LogP contribution < -0.4 is 10.6 Å². The van der Waals surface area contributed by atoms with E-state index in [-0.39, 0.29) is 44.8 Å². The molecule has 1 aliphatic carbocycles. The van der Waals surface area contributed by atoms with Gasteiger partial charge in [0.1, 0.15) is 11.6 Å². The Morgan fingerprint density at radius 2 is 1.57 bits per heavy atom. The molecule has 0 amide bonds. The third-order valence-electron chi connectivity index (χ3n) is 6.99. The molecular weight excluding hydrogens is 507 g/mol. The summed E-state index contributed by atoms with van der Waals surface area (Å²) >= 11 is 5.97. The lowest BCUT2D eigenvalue weighted by atomic mass is 9.98. The summed E-state index contributed by atoms with van der Waals surface area (Å²) in [5.41, 5.74) is 1.49. The summed E-state index contributed by atoms with van der Waals surface area (Å²) in [6.45, 7) is 13.4. The standard InChI is InChI=1S/C29H26ClF5N2/c1-15-22(16(2)36-20-9-7-19(31)8-10-20)13-21(14-23(15)29(33,34)35)37-17(3)26-27(28(26,4)5)18-6-11-25(32)24(30)12-18/h6-14,26-27,36-37H,2-3H2,1,4-5H3. The largest absolute Gasteiger partial charge is 0.416 e. The minimum atomic E-state index is -4.60. The topological polar surface area (TPSA) is 24.1 Å². The van der Waals surface area contributed by atoms with Gasteiger partial charge in [-0.3, -0.25) is 0 Å². The zero-order chi connectivity index (χ0) is 27.3. The highest BCUT2D eigenvalue weighted by atomic mass is 35.5. The lowest BCUT2D eigenvalue weighted by Crippen LogP contribution is -2.13. The van der Waals surface area contributed by atoms with Crippen LogP contribution in [0.2, 0.25) is 5.02 Å². The molecule has 0 spiro atoms. The fraction of sp³-hybridized carbons (Fsp3) is 0.241. The van der Waals surface area contributed by atoms with E-state index in [9.17, 15) is 22.0 Å². The molecule has 1 saturated carbocycles. The molecule has 4 rings (SSSR count). The molecule has 2 N–H and O–H groups in total. The maximum absolute atomic E-state index is 13.9. The Balaban J connectivity index is 1.63. The summed E-state index contributed by atoms with van der Waals surface area (Å²) in [6, 6.07) is 12.6. The van der Waals surface area contributed by atoms with Crippen LogP contribution in [-0.2, 0) is 6.18 Å². The summed E-state index contributed by atoms with van der Waals surface area (Å²) in [5.74, 6) is -1.10. The Labute approximate surface area is 217 Å². The first-order valence-corrected chi connectivity index (χ1v) is 11.9. The van der Waals surface area contributed by atoms with Gasteiger partial charge in [0, 0.05) is 34.3 Å². The van der Waals surface area contributed by atoms with Gasteiger partial charge in [-0.25, -0.2) is 8.78 Å². The Kier molecular flexibility index (Phi) is 6.88. The number of benzene rings is 3. The van der Waals surface area contributed by atoms with Crippen molar-refractivity contribution in [2.75, 3.05) is 10.6 Å². The Morgan fingerprint density at radius 1 is 0.919 bits per heavy atom. The molecule has 0 saturated heterocycles. The second-order valence-electron chi connectivity index (χ2n) is 9.91. The molecule has 1 fully saturated rings. The van der Waals surface area contributed by atoms with E-state index < -0.39 is 23.4 Å². The quantitative estimate of drug-likeness (QED) is 0.296. The van der Waals surface area contributed by atoms with Crippen molar-refractivity contribution in [3.05, 3.63) is 112 Å². The predicted octanol–water partition coefficient (Wildman–Crippen LogP) is 9.39. The van der Waals surface area contributed by atoms with Gasteiger partial charge in [0.25, 0.3) is 0 Å². The number of hydrogen-bond acceptors (Lipinski definition) is 2. The van der Waals surface area contributed by atoms with Gasteiger partial charge < -0.3 is 10.6 Å². The van der Waals surface area contributed by atoms with Gasteiger partial charge in [-0.15, -0.1) is 0 Å². The van der Waals surface area contributed by atoms with E-state index in [0.29, 0.717) is 11.4 Å². The van der Waals surface area contributed by atoms with Gasteiger partial charge in [0.2, 0.25) is 0 Å². The van der Waals surface area contributed by atoms with Crippen LogP contribution in [0.5, 0.6) is 0 Å². The SMILES string of the molecule is C=C(Nc1ccc(F)cc1)c1cc(NC(=C)C2C(c3ccc(F)c(Cl)c3)C2(C)C)cc(C(F)(F)F)c1C. The molecule has 194 valence electrons. The van der Waals surface area contributed by atoms with Crippen molar-refractivity contribution in [3.8, 4) is 0 Å². The number of halogens is 6. The van der Waals surface area contributed by atoms with Gasteiger partial charge >= 0.3 is 6.18 Å². The van der Waals surface area contributed by atoms with Crippen LogP contribution in [-0.4, -0.2) is 0 Å². The molecule has 1 aliphatic rings. The number of anilines is 2. The van der Waals surface area contributed by atoms with Crippen molar-refractivity contribution >= 4 is 28.7 Å². The lowest BCUT2D eigenvalue weighted by Gasteiger charge is -2.20. The van der Waals surface area contributed by atoms with Crippen molar-refractivity contribution in [3.63, 3.8) is 0 Å². The molecule has 37 heavy (non-hydrogen) atoms. The van der Waals surface area contributed by atoms with Crippen LogP contribution in [0, 0.1) is 29.9 Å². The fourth-order valence-electron chi connectivity index (χ4n) is 5.05. The van der Waals surface area contributed by atoms with Gasteiger partial charge in [0.05, 0.1) is 10.6 Å². The summed E-state index contributed by atoms with van der Waals surface area (Å²) in [5, 5.41) is 6.04. The number of rotatable bonds is 7. The third-order valence-corrected chi connectivity index (χ3v) is 7.28. The maximum atomic E-state index is 13.9. The number of allylic oxidation sites excluding steroid dienone is 1. The van der Waals surface area contributed by atoms with Gasteiger partial charge in [-0.05, 0) is 77.9 Å². The van der Waals surface area contributed by atoms with E-state index in [1.165, 1.54) is 37.3 Å². The normalized spacial score (nSPS) is 18.3. The van der Waals surface area contributed by atoms with E-state index in [1.54, 1.807) is 18.2 Å². The first kappa shape index (κ1) is 26.7. The third kappa shape index (κ3) is 5.37. The molecule has 3 aromatic carbocycles. The van der Waals surface area contributed by atoms with E-state index >= 15 is 0 Å². The highest BCUT2D eigenvalue weighted by Gasteiger charge is 2.59. The Bertz CT molecular complexity index is 1380. The molecule has 0 aromatic heterocycles. The lowest BCUT2D eigenvalue weighted by molar-refractivity contribution is -0.138. The molecule has 0 radical (unpaired) electrons. The summed E-state index contributed by atoms with van der Waals surface area (Å²) in [4.78, 5) is 0. The monoisotopic (exact) mass is 532 g/mol. The minimum Gasteiger partial charge on any atom is -0.359 e. The fourth-order valence-corrected chi connectivity index (χ4v) is 5.24. The van der Waals surface area contributed by atoms with Gasteiger partial charge in [0.15, 0.2) is 0 Å². The average Bonchev–Trinajstić information content (AvgIpc) is 3.39. The highest BCUT2D eigenvalue weighted by Crippen LogP contribution is 2.67. The minimum absolute atomic E-state index is 0.00820. The van der Waals surface area contributed by atoms with E-state index in [4.69, 9.17) is 11.6 Å². The van der Waals surface area contributed by atoms with Crippen molar-refractivity contribution in [1.29, 1.82) is 0 Å². The predicted molar refractivity (Wildman–Crippen MR) is 139 cm³/mol. The zero-order valence-electron chi connectivity index (χ0n) is 20.5. The van der Waals surface area contributed by atoms with Crippen molar-refractivity contribution in [2.24, 2.45) is 11.3 Å². The molecule has 8 heteroatoms. The van der Waals surface area contributed by atoms with Crippen LogP contribution in [0.15, 0.2) is 73.5 Å². The van der Waals surface area contributed by atoms with Gasteiger partial charge in [-0.1, -0.05) is 44.7 Å². The van der Waals surface area contributed by atoms with E-state index in [1.807, 2.05) is 13.8 Å². The Hall–Kier alpha value is -3.32. The first-order valence-electron chi connectivity index (χ1n) is 11.5. The van der Waals surface area contributed by atoms with Crippen LogP contribution in [0.4, 0.5) is 33.3 Å². The molecule has 2 atom stereocenters. The van der Waals surface area contributed by atoms with Crippen molar-refractivity contribution in [2.45, 2.75) is 32.9 Å². The smallest absolute Gasteiger partial charge is 0.359 e. The average molecular weight is 533 g/mol. The molecule has 2 unspecified atom stereocenters. The van der Waals surface area contributed by atoms with Crippen LogP contribution in [0.25, 0.3) is 5.70 Å². The van der Waals surface area contributed by atoms with Crippen molar-refractivity contribution in [1.82, 2.24) is 0 Å². The summed E-state index contributed by atoms with van der Waals surface area (Å²) < 4.78 is 68.7. The zero-order valence-corrected chi connectivity index (χ0v) is 21.3. The summed E-state index contributed by atoms with van der Waals surface area (Å²) in [7, 11) is 0. The van der Waals surface area contributed by atoms with Crippen LogP contribution in [0.1, 0.15) is 42.0 Å². The Morgan fingerprint density at radius 3 is 2.16 bits per heavy atom. The maximum Gasteiger partial charge on any atom is 0.416 e. The second kappa shape index (κ2) is 9.53. The number of nitrogens with one attached hydrogen (secondary N) is 2. The number of hydrogen-bond donors (Lipinski definition) is 2. The molecule has 0 bridgehead atoms. The van der Waals surface area contributed by atoms with E-state index in [2.05, 4.69) is 23.8 Å².